The number of carbonyl (C=O) groups excluding carboxylic acids is 1. The smallest absolute Gasteiger partial charge is 0.217 e. The third kappa shape index (κ3) is 5.57. The van der Waals surface area contributed by atoms with E-state index in [4.69, 9.17) is 15.2 Å². The van der Waals surface area contributed by atoms with Crippen molar-refractivity contribution in [3.63, 3.8) is 0 Å². The molecule has 0 aliphatic carbocycles. The average Bonchev–Trinajstić information content (AvgIpc) is 2.51. The van der Waals surface area contributed by atoms with Gasteiger partial charge in [0.15, 0.2) is 0 Å². The highest BCUT2D eigenvalue weighted by Gasteiger charge is 1.99. The van der Waals surface area contributed by atoms with Crippen molar-refractivity contribution in [2.24, 2.45) is 5.73 Å². The first-order valence-corrected chi connectivity index (χ1v) is 6.92. The molecule has 4 nitrogen and oxygen atoms in total. The summed E-state index contributed by atoms with van der Waals surface area (Å²) in [5.74, 6) is 1.25. The van der Waals surface area contributed by atoms with Gasteiger partial charge < -0.3 is 15.2 Å². The maximum atomic E-state index is 10.6. The molecule has 1 amide bonds. The van der Waals surface area contributed by atoms with Gasteiger partial charge in [-0.2, -0.15) is 0 Å². The van der Waals surface area contributed by atoms with E-state index in [1.807, 2.05) is 54.6 Å². The molecule has 0 atom stereocenters. The van der Waals surface area contributed by atoms with Crippen LogP contribution >= 0.6 is 0 Å². The molecular weight excluding hydrogens is 266 g/mol. The first-order chi connectivity index (χ1) is 10.2. The lowest BCUT2D eigenvalue weighted by atomic mass is 10.2. The molecule has 2 aromatic carbocycles. The highest BCUT2D eigenvalue weighted by Crippen LogP contribution is 2.18. The zero-order valence-corrected chi connectivity index (χ0v) is 11.8. The Hall–Kier alpha value is -2.49. The molecule has 0 aliphatic rings. The number of nitrogens with two attached hydrogens (primary N) is 1. The van der Waals surface area contributed by atoms with Crippen molar-refractivity contribution in [1.29, 1.82) is 0 Å². The van der Waals surface area contributed by atoms with E-state index >= 15 is 0 Å². The zero-order chi connectivity index (χ0) is 14.9. The lowest BCUT2D eigenvalue weighted by Crippen LogP contribution is -2.11. The highest BCUT2D eigenvalue weighted by molar-refractivity contribution is 5.73. The molecule has 4 heteroatoms. The van der Waals surface area contributed by atoms with Gasteiger partial charge in [0.1, 0.15) is 18.1 Å². The summed E-state index contributed by atoms with van der Waals surface area (Å²) in [4.78, 5) is 10.6. The number of carbonyl (C=O) groups is 1. The van der Waals surface area contributed by atoms with Crippen molar-refractivity contribution < 1.29 is 14.3 Å². The third-order valence-electron chi connectivity index (χ3n) is 2.91. The molecule has 0 saturated heterocycles. The molecule has 2 aromatic rings. The molecule has 0 bridgehead atoms. The number of hydrogen-bond acceptors (Lipinski definition) is 3. The monoisotopic (exact) mass is 285 g/mol. The number of rotatable bonds is 8. The van der Waals surface area contributed by atoms with E-state index in [-0.39, 0.29) is 5.91 Å². The van der Waals surface area contributed by atoms with Crippen LogP contribution in [0.5, 0.6) is 11.5 Å². The van der Waals surface area contributed by atoms with E-state index < -0.39 is 0 Å². The van der Waals surface area contributed by atoms with Crippen molar-refractivity contribution in [1.82, 2.24) is 0 Å². The van der Waals surface area contributed by atoms with Gasteiger partial charge in [0.05, 0.1) is 6.61 Å². The molecule has 2 rings (SSSR count). The molecule has 21 heavy (non-hydrogen) atoms. The van der Waals surface area contributed by atoms with Gasteiger partial charge >= 0.3 is 0 Å². The first kappa shape index (κ1) is 14.9. The fraction of sp³-hybridized carbons (Fsp3) is 0.235. The minimum Gasteiger partial charge on any atom is -0.494 e. The second-order valence-corrected chi connectivity index (χ2v) is 4.66. The van der Waals surface area contributed by atoms with Crippen LogP contribution in [0.15, 0.2) is 54.6 Å². The fourth-order valence-electron chi connectivity index (χ4n) is 1.81. The van der Waals surface area contributed by atoms with Crippen molar-refractivity contribution in [3.8, 4) is 11.5 Å². The number of ether oxygens (including phenoxy) is 2. The minimum atomic E-state index is -0.303. The van der Waals surface area contributed by atoms with Gasteiger partial charge in [-0.25, -0.2) is 0 Å². The van der Waals surface area contributed by atoms with Crippen LogP contribution in [0.25, 0.3) is 0 Å². The molecule has 0 fully saturated rings. The Morgan fingerprint density at radius 3 is 2.14 bits per heavy atom. The maximum absolute atomic E-state index is 10.6. The highest BCUT2D eigenvalue weighted by atomic mass is 16.5. The molecule has 0 unspecified atom stereocenters. The summed E-state index contributed by atoms with van der Waals surface area (Å²) >= 11 is 0. The average molecular weight is 285 g/mol. The van der Waals surface area contributed by atoms with Crippen molar-refractivity contribution in [2.75, 3.05) is 6.61 Å². The standard InChI is InChI=1S/C17H19NO3/c18-17(19)7-4-12-20-15-8-10-16(11-9-15)21-13-14-5-2-1-3-6-14/h1-3,5-6,8-11H,4,7,12-13H2,(H2,18,19). The van der Waals surface area contributed by atoms with E-state index in [0.717, 1.165) is 17.1 Å². The summed E-state index contributed by atoms with van der Waals surface area (Å²) in [6.45, 7) is 1.02. The van der Waals surface area contributed by atoms with Gasteiger partial charge in [-0.1, -0.05) is 30.3 Å². The molecule has 0 spiro atoms. The Labute approximate surface area is 124 Å². The zero-order valence-electron chi connectivity index (χ0n) is 11.8. The van der Waals surface area contributed by atoms with Crippen LogP contribution in [-0.2, 0) is 11.4 Å². The molecule has 0 aromatic heterocycles. The van der Waals surface area contributed by atoms with Gasteiger partial charge in [0, 0.05) is 6.42 Å². The molecule has 2 N–H and O–H groups in total. The molecule has 0 radical (unpaired) electrons. The summed E-state index contributed by atoms with van der Waals surface area (Å²) in [5, 5.41) is 0. The quantitative estimate of drug-likeness (QED) is 0.759. The Kier molecular flexibility index (Phi) is 5.64. The number of primary amides is 1. The van der Waals surface area contributed by atoms with Gasteiger partial charge in [0.25, 0.3) is 0 Å². The van der Waals surface area contributed by atoms with Crippen molar-refractivity contribution in [2.45, 2.75) is 19.4 Å². The minimum absolute atomic E-state index is 0.303. The van der Waals surface area contributed by atoms with Gasteiger partial charge in [0.2, 0.25) is 5.91 Å². The summed E-state index contributed by atoms with van der Waals surface area (Å²) in [6, 6.07) is 17.4. The molecule has 0 saturated carbocycles. The summed E-state index contributed by atoms with van der Waals surface area (Å²) in [5.41, 5.74) is 6.19. The molecule has 0 aliphatic heterocycles. The third-order valence-corrected chi connectivity index (χ3v) is 2.91. The van der Waals surface area contributed by atoms with Crippen molar-refractivity contribution >= 4 is 5.91 Å². The SMILES string of the molecule is NC(=O)CCCOc1ccc(OCc2ccccc2)cc1. The number of hydrogen-bond donors (Lipinski definition) is 1. The second-order valence-electron chi connectivity index (χ2n) is 4.66. The van der Waals surface area contributed by atoms with Gasteiger partial charge in [-0.05, 0) is 36.2 Å². The Balaban J connectivity index is 1.75. The van der Waals surface area contributed by atoms with Crippen LogP contribution in [0.3, 0.4) is 0 Å². The predicted octanol–water partition coefficient (Wildman–Crippen LogP) is 2.91. The normalized spacial score (nSPS) is 10.1. The maximum Gasteiger partial charge on any atom is 0.217 e. The number of benzene rings is 2. The van der Waals surface area contributed by atoms with E-state index in [1.165, 1.54) is 0 Å². The Morgan fingerprint density at radius 1 is 0.905 bits per heavy atom. The fourth-order valence-corrected chi connectivity index (χ4v) is 1.81. The molecular formula is C17H19NO3. The van der Waals surface area contributed by atoms with E-state index in [0.29, 0.717) is 26.1 Å². The molecule has 0 heterocycles. The second kappa shape index (κ2) is 7.94. The van der Waals surface area contributed by atoms with Crippen molar-refractivity contribution in [3.05, 3.63) is 60.2 Å². The van der Waals surface area contributed by atoms with Gasteiger partial charge in [-0.3, -0.25) is 4.79 Å². The largest absolute Gasteiger partial charge is 0.494 e. The topological polar surface area (TPSA) is 61.6 Å². The first-order valence-electron chi connectivity index (χ1n) is 6.92. The van der Waals surface area contributed by atoms with Crippen LogP contribution in [0, 0.1) is 0 Å². The van der Waals surface area contributed by atoms with E-state index in [1.54, 1.807) is 0 Å². The van der Waals surface area contributed by atoms with E-state index in [9.17, 15) is 4.79 Å². The summed E-state index contributed by atoms with van der Waals surface area (Å²) < 4.78 is 11.2. The van der Waals surface area contributed by atoms with E-state index in [2.05, 4.69) is 0 Å². The van der Waals surface area contributed by atoms with Crippen LogP contribution in [0.4, 0.5) is 0 Å². The predicted molar refractivity (Wildman–Crippen MR) is 81.1 cm³/mol. The van der Waals surface area contributed by atoms with Crippen LogP contribution in [-0.4, -0.2) is 12.5 Å². The van der Waals surface area contributed by atoms with Crippen LogP contribution in [0.2, 0.25) is 0 Å². The van der Waals surface area contributed by atoms with Crippen LogP contribution in [0.1, 0.15) is 18.4 Å². The van der Waals surface area contributed by atoms with Gasteiger partial charge in [-0.15, -0.1) is 0 Å². The Bertz CT molecular complexity index is 552. The lowest BCUT2D eigenvalue weighted by Gasteiger charge is -2.08. The van der Waals surface area contributed by atoms with Crippen LogP contribution < -0.4 is 15.2 Å². The number of amides is 1. The lowest BCUT2D eigenvalue weighted by molar-refractivity contribution is -0.118. The summed E-state index contributed by atoms with van der Waals surface area (Å²) in [7, 11) is 0. The molecule has 110 valence electrons. The summed E-state index contributed by atoms with van der Waals surface area (Å²) in [6.07, 6.45) is 0.972. The Morgan fingerprint density at radius 2 is 1.52 bits per heavy atom.